The summed E-state index contributed by atoms with van der Waals surface area (Å²) in [5.74, 6) is -1.03. The first kappa shape index (κ1) is 17.9. The van der Waals surface area contributed by atoms with Crippen LogP contribution in [0.4, 0.5) is 4.79 Å². The molecule has 0 radical (unpaired) electrons. The molecule has 1 atom stereocenters. The van der Waals surface area contributed by atoms with Crippen molar-refractivity contribution in [2.75, 3.05) is 0 Å². The van der Waals surface area contributed by atoms with Crippen molar-refractivity contribution in [1.82, 2.24) is 10.5 Å². The smallest absolute Gasteiger partial charge is 0.435 e. The molecule has 7 nitrogen and oxygen atoms in total. The minimum Gasteiger partial charge on any atom is -0.442 e. The number of hydrazone groups is 1. The topological polar surface area (TPSA) is 91.2 Å². The fourth-order valence-electron chi connectivity index (χ4n) is 2.69. The number of rotatable bonds is 3. The fraction of sp³-hybridized carbons (Fsp3) is 0.471. The van der Waals surface area contributed by atoms with Crippen LogP contribution in [-0.2, 0) is 9.53 Å². The first-order valence-electron chi connectivity index (χ1n) is 7.76. The normalized spacial score (nSPS) is 20.6. The molecule has 1 aliphatic heterocycles. The van der Waals surface area contributed by atoms with Crippen LogP contribution in [0.15, 0.2) is 35.4 Å². The van der Waals surface area contributed by atoms with E-state index in [0.717, 1.165) is 0 Å². The molecule has 0 saturated carbocycles. The van der Waals surface area contributed by atoms with Gasteiger partial charge in [-0.3, -0.25) is 10.0 Å². The Hall–Kier alpha value is -2.41. The molecule has 1 aliphatic rings. The highest BCUT2D eigenvalue weighted by molar-refractivity contribution is 6.24. The van der Waals surface area contributed by atoms with E-state index < -0.39 is 29.1 Å². The highest BCUT2D eigenvalue weighted by atomic mass is 16.6. The van der Waals surface area contributed by atoms with Gasteiger partial charge in [-0.15, -0.1) is 0 Å². The lowest BCUT2D eigenvalue weighted by Gasteiger charge is -2.38. The van der Waals surface area contributed by atoms with E-state index in [1.807, 2.05) is 6.07 Å². The predicted molar refractivity (Wildman–Crippen MR) is 88.6 cm³/mol. The van der Waals surface area contributed by atoms with Gasteiger partial charge in [0, 0.05) is 5.56 Å². The Labute approximate surface area is 141 Å². The third-order valence-electron chi connectivity index (χ3n) is 3.76. The number of nitrogens with one attached hydrogen (secondary N) is 1. The lowest BCUT2D eigenvalue weighted by atomic mass is 9.78. The number of carbonyl (C=O) groups excluding carboxylic acids is 2. The monoisotopic (exact) mass is 333 g/mol. The van der Waals surface area contributed by atoms with Crippen molar-refractivity contribution in [3.05, 3.63) is 35.9 Å². The Morgan fingerprint density at radius 1 is 1.29 bits per heavy atom. The van der Waals surface area contributed by atoms with Crippen LogP contribution in [-0.4, -0.2) is 39.1 Å². The van der Waals surface area contributed by atoms with Gasteiger partial charge in [-0.2, -0.15) is 10.2 Å². The maximum atomic E-state index is 12.6. The lowest BCUT2D eigenvalue weighted by molar-refractivity contribution is -0.165. The molecule has 7 heteroatoms. The van der Waals surface area contributed by atoms with Crippen LogP contribution >= 0.6 is 0 Å². The number of carbonyl (C=O) groups is 2. The summed E-state index contributed by atoms with van der Waals surface area (Å²) in [6.45, 7) is 8.51. The molecule has 0 spiro atoms. The summed E-state index contributed by atoms with van der Waals surface area (Å²) in [5, 5.41) is 15.0. The van der Waals surface area contributed by atoms with Crippen LogP contribution in [0.5, 0.6) is 0 Å². The Morgan fingerprint density at radius 3 is 2.38 bits per heavy atom. The largest absolute Gasteiger partial charge is 0.442 e. The van der Waals surface area contributed by atoms with E-state index in [1.165, 1.54) is 0 Å². The molecule has 0 saturated heterocycles. The molecule has 1 unspecified atom stereocenters. The average molecular weight is 333 g/mol. The minimum atomic E-state index is -1.66. The van der Waals surface area contributed by atoms with Gasteiger partial charge < -0.3 is 4.74 Å². The summed E-state index contributed by atoms with van der Waals surface area (Å²) in [5.41, 5.74) is 0.812. The van der Waals surface area contributed by atoms with E-state index >= 15 is 0 Å². The van der Waals surface area contributed by atoms with Gasteiger partial charge in [0.05, 0.1) is 0 Å². The van der Waals surface area contributed by atoms with Gasteiger partial charge in [0.2, 0.25) is 0 Å². The van der Waals surface area contributed by atoms with Crippen LogP contribution in [0.25, 0.3) is 0 Å². The van der Waals surface area contributed by atoms with E-state index in [-0.39, 0.29) is 5.71 Å². The maximum Gasteiger partial charge on any atom is 0.435 e. The molecule has 24 heavy (non-hydrogen) atoms. The van der Waals surface area contributed by atoms with Crippen molar-refractivity contribution in [3.8, 4) is 0 Å². The first-order valence-corrected chi connectivity index (χ1v) is 7.76. The molecule has 0 aliphatic carbocycles. The second-order valence-electron chi connectivity index (χ2n) is 6.98. The lowest BCUT2D eigenvalue weighted by Crippen LogP contribution is -2.64. The number of amides is 2. The third-order valence-corrected chi connectivity index (χ3v) is 3.76. The van der Waals surface area contributed by atoms with Crippen LogP contribution in [0.2, 0.25) is 0 Å². The second kappa shape index (κ2) is 6.24. The van der Waals surface area contributed by atoms with E-state index in [4.69, 9.17) is 4.74 Å². The molecule has 0 aromatic heterocycles. The number of ether oxygens (including phenoxy) is 1. The molecular weight excluding hydrogens is 310 g/mol. The van der Waals surface area contributed by atoms with Gasteiger partial charge in [-0.25, -0.2) is 10.2 Å². The summed E-state index contributed by atoms with van der Waals surface area (Å²) < 4.78 is 5.22. The number of nitrogens with zero attached hydrogens (tertiary/aromatic N) is 2. The summed E-state index contributed by atoms with van der Waals surface area (Å²) in [6.07, 6.45) is -1.00. The van der Waals surface area contributed by atoms with Crippen LogP contribution in [0.3, 0.4) is 0 Å². The summed E-state index contributed by atoms with van der Waals surface area (Å²) >= 11 is 0. The molecule has 2 N–H and O–H groups in total. The van der Waals surface area contributed by atoms with Gasteiger partial charge in [-0.05, 0) is 26.7 Å². The Kier molecular flexibility index (Phi) is 4.66. The van der Waals surface area contributed by atoms with Crippen LogP contribution in [0.1, 0.15) is 40.2 Å². The quantitative estimate of drug-likeness (QED) is 0.657. The number of hydroxylamine groups is 2. The molecule has 130 valence electrons. The van der Waals surface area contributed by atoms with Gasteiger partial charge in [-0.1, -0.05) is 44.2 Å². The van der Waals surface area contributed by atoms with Crippen molar-refractivity contribution in [2.45, 2.75) is 45.8 Å². The highest BCUT2D eigenvalue weighted by Gasteiger charge is 2.58. The van der Waals surface area contributed by atoms with Crippen molar-refractivity contribution in [2.24, 2.45) is 11.0 Å². The van der Waals surface area contributed by atoms with Crippen molar-refractivity contribution in [3.63, 3.8) is 0 Å². The van der Waals surface area contributed by atoms with Crippen LogP contribution in [0, 0.1) is 5.92 Å². The Morgan fingerprint density at radius 2 is 1.88 bits per heavy atom. The van der Waals surface area contributed by atoms with Gasteiger partial charge in [0.1, 0.15) is 11.3 Å². The zero-order valence-electron chi connectivity index (χ0n) is 14.5. The fourth-order valence-corrected chi connectivity index (χ4v) is 2.69. The van der Waals surface area contributed by atoms with E-state index in [2.05, 4.69) is 10.5 Å². The average Bonchev–Trinajstić information content (AvgIpc) is 2.84. The number of hydrogen-bond donors (Lipinski definition) is 2. The SMILES string of the molecule is CC(C)C1(N(O)C(=O)OC(C)(C)C)C(=O)NN=C1c1ccccc1. The predicted octanol–water partition coefficient (Wildman–Crippen LogP) is 2.54. The first-order chi connectivity index (χ1) is 11.1. The summed E-state index contributed by atoms with van der Waals surface area (Å²) in [6, 6.07) is 8.94. The van der Waals surface area contributed by atoms with E-state index in [1.54, 1.807) is 58.9 Å². The van der Waals surface area contributed by atoms with Crippen molar-refractivity contribution in [1.29, 1.82) is 0 Å². The number of benzene rings is 1. The van der Waals surface area contributed by atoms with E-state index in [9.17, 15) is 14.8 Å². The summed E-state index contributed by atoms with van der Waals surface area (Å²) in [4.78, 5) is 25.0. The molecule has 1 aromatic carbocycles. The van der Waals surface area contributed by atoms with Gasteiger partial charge in [0.25, 0.3) is 5.91 Å². The highest BCUT2D eigenvalue weighted by Crippen LogP contribution is 2.33. The standard InChI is InChI=1S/C17H23N3O4/c1-11(2)17(20(23)15(22)24-16(3,4)5)13(18-19-14(17)21)12-9-7-6-8-10-12/h6-11,23H,1-5H3,(H,19,21). The molecule has 0 bridgehead atoms. The van der Waals surface area contributed by atoms with Crippen molar-refractivity contribution < 1.29 is 19.5 Å². The zero-order valence-corrected chi connectivity index (χ0v) is 14.5. The van der Waals surface area contributed by atoms with Crippen molar-refractivity contribution >= 4 is 17.7 Å². The second-order valence-corrected chi connectivity index (χ2v) is 6.98. The molecule has 2 amide bonds. The van der Waals surface area contributed by atoms with Gasteiger partial charge >= 0.3 is 6.09 Å². The molecule has 1 heterocycles. The third kappa shape index (κ3) is 2.99. The summed E-state index contributed by atoms with van der Waals surface area (Å²) in [7, 11) is 0. The van der Waals surface area contributed by atoms with Crippen LogP contribution < -0.4 is 5.43 Å². The van der Waals surface area contributed by atoms with E-state index in [0.29, 0.717) is 10.6 Å². The molecule has 2 rings (SSSR count). The number of hydrogen-bond acceptors (Lipinski definition) is 5. The molecule has 1 aromatic rings. The molecule has 0 fully saturated rings. The maximum absolute atomic E-state index is 12.6. The zero-order chi connectivity index (χ0) is 18.1. The Balaban J connectivity index is 2.51. The minimum absolute atomic E-state index is 0.274. The van der Waals surface area contributed by atoms with Gasteiger partial charge in [0.15, 0.2) is 5.54 Å². The molecular formula is C17H23N3O4. The Bertz CT molecular complexity index is 664.